The first-order valence-corrected chi connectivity index (χ1v) is 8.98. The van der Waals surface area contributed by atoms with Gasteiger partial charge in [-0.25, -0.2) is 0 Å². The Hall–Kier alpha value is -2.27. The summed E-state index contributed by atoms with van der Waals surface area (Å²) in [5.74, 6) is 0.316. The summed E-state index contributed by atoms with van der Waals surface area (Å²) in [6.45, 7) is 6.20. The fourth-order valence-electron chi connectivity index (χ4n) is 4.14. The van der Waals surface area contributed by atoms with Crippen LogP contribution in [0.1, 0.15) is 29.8 Å². The maximum Gasteiger partial charge on any atom is 0.230 e. The van der Waals surface area contributed by atoms with Crippen LogP contribution >= 0.6 is 0 Å². The molecule has 0 bridgehead atoms. The van der Waals surface area contributed by atoms with Crippen LogP contribution in [0.3, 0.4) is 0 Å². The van der Waals surface area contributed by atoms with Crippen molar-refractivity contribution >= 4 is 5.91 Å². The molecule has 5 nitrogen and oxygen atoms in total. The Morgan fingerprint density at radius 1 is 1.12 bits per heavy atom. The van der Waals surface area contributed by atoms with E-state index in [9.17, 15) is 4.79 Å². The third-order valence-corrected chi connectivity index (χ3v) is 5.46. The van der Waals surface area contributed by atoms with E-state index >= 15 is 0 Å². The van der Waals surface area contributed by atoms with E-state index in [1.54, 1.807) is 6.20 Å². The lowest BCUT2D eigenvalue weighted by Crippen LogP contribution is -2.36. The van der Waals surface area contributed by atoms with Crippen LogP contribution < -0.4 is 0 Å². The fraction of sp³-hybridized carbons (Fsp3) is 0.450. The highest BCUT2D eigenvalue weighted by Crippen LogP contribution is 2.41. The second kappa shape index (κ2) is 6.56. The van der Waals surface area contributed by atoms with Gasteiger partial charge in [0.15, 0.2) is 0 Å². The SMILES string of the molecule is Cc1cccc(CN2CC[C@]3(CCN(Cc4cccnc4)C3=O)C2)n1. The molecule has 25 heavy (non-hydrogen) atoms. The summed E-state index contributed by atoms with van der Waals surface area (Å²) in [6, 6.07) is 10.1. The number of carbonyl (C=O) groups excluding carboxylic acids is 1. The molecule has 0 unspecified atom stereocenters. The van der Waals surface area contributed by atoms with Crippen molar-refractivity contribution in [3.05, 3.63) is 59.7 Å². The number of nitrogens with zero attached hydrogens (tertiary/aromatic N) is 4. The molecule has 0 saturated carbocycles. The molecule has 2 fully saturated rings. The Morgan fingerprint density at radius 3 is 2.80 bits per heavy atom. The van der Waals surface area contributed by atoms with E-state index in [-0.39, 0.29) is 5.41 Å². The molecule has 2 aromatic rings. The van der Waals surface area contributed by atoms with Crippen molar-refractivity contribution in [2.24, 2.45) is 5.41 Å². The zero-order valence-electron chi connectivity index (χ0n) is 14.7. The summed E-state index contributed by atoms with van der Waals surface area (Å²) < 4.78 is 0. The average molecular weight is 336 g/mol. The van der Waals surface area contributed by atoms with E-state index < -0.39 is 0 Å². The minimum absolute atomic E-state index is 0.188. The average Bonchev–Trinajstić information content (AvgIpc) is 3.15. The standard InChI is InChI=1S/C20H24N4O/c1-16-4-2-6-18(22-16)14-23-10-7-20(15-23)8-11-24(19(20)25)13-17-5-3-9-21-12-17/h2-6,9,12H,7-8,10-11,13-15H2,1H3/t20-/m0/s1. The zero-order chi connectivity index (χ0) is 17.3. The van der Waals surface area contributed by atoms with E-state index in [4.69, 9.17) is 0 Å². The van der Waals surface area contributed by atoms with Crippen LogP contribution in [-0.2, 0) is 17.9 Å². The van der Waals surface area contributed by atoms with Crippen molar-refractivity contribution in [3.63, 3.8) is 0 Å². The van der Waals surface area contributed by atoms with E-state index in [2.05, 4.69) is 27.0 Å². The van der Waals surface area contributed by atoms with Gasteiger partial charge in [-0.3, -0.25) is 19.7 Å². The summed E-state index contributed by atoms with van der Waals surface area (Å²) >= 11 is 0. The summed E-state index contributed by atoms with van der Waals surface area (Å²) in [6.07, 6.45) is 5.54. The van der Waals surface area contributed by atoms with Crippen LogP contribution in [0.2, 0.25) is 0 Å². The van der Waals surface area contributed by atoms with E-state index in [0.29, 0.717) is 12.5 Å². The quantitative estimate of drug-likeness (QED) is 0.860. The maximum atomic E-state index is 13.0. The largest absolute Gasteiger partial charge is 0.338 e. The minimum atomic E-state index is -0.188. The monoisotopic (exact) mass is 336 g/mol. The van der Waals surface area contributed by atoms with Gasteiger partial charge in [-0.05, 0) is 50.1 Å². The Morgan fingerprint density at radius 2 is 2.00 bits per heavy atom. The van der Waals surface area contributed by atoms with Crippen molar-refractivity contribution in [2.45, 2.75) is 32.9 Å². The van der Waals surface area contributed by atoms with Gasteiger partial charge in [-0.2, -0.15) is 0 Å². The normalized spacial score (nSPS) is 23.7. The third kappa shape index (κ3) is 3.29. The van der Waals surface area contributed by atoms with Gasteiger partial charge in [0.05, 0.1) is 11.1 Å². The first-order chi connectivity index (χ1) is 12.1. The number of rotatable bonds is 4. The van der Waals surface area contributed by atoms with Crippen LogP contribution in [0, 0.1) is 12.3 Å². The number of hydrogen-bond acceptors (Lipinski definition) is 4. The highest BCUT2D eigenvalue weighted by molar-refractivity contribution is 5.85. The summed E-state index contributed by atoms with van der Waals surface area (Å²) in [5, 5.41) is 0. The molecule has 0 radical (unpaired) electrons. The van der Waals surface area contributed by atoms with Gasteiger partial charge >= 0.3 is 0 Å². The third-order valence-electron chi connectivity index (χ3n) is 5.46. The van der Waals surface area contributed by atoms with Crippen LogP contribution in [0.15, 0.2) is 42.7 Å². The predicted octanol–water partition coefficient (Wildman–Crippen LogP) is 2.41. The Kier molecular flexibility index (Phi) is 4.25. The van der Waals surface area contributed by atoms with Gasteiger partial charge in [-0.1, -0.05) is 12.1 Å². The van der Waals surface area contributed by atoms with Gasteiger partial charge in [0.1, 0.15) is 0 Å². The van der Waals surface area contributed by atoms with Gasteiger partial charge in [-0.15, -0.1) is 0 Å². The summed E-state index contributed by atoms with van der Waals surface area (Å²) in [7, 11) is 0. The Bertz CT molecular complexity index is 763. The van der Waals surface area contributed by atoms with Crippen molar-refractivity contribution in [2.75, 3.05) is 19.6 Å². The summed E-state index contributed by atoms with van der Waals surface area (Å²) in [4.78, 5) is 26.2. The predicted molar refractivity (Wildman–Crippen MR) is 95.6 cm³/mol. The molecular formula is C20H24N4O. The topological polar surface area (TPSA) is 49.3 Å². The first-order valence-electron chi connectivity index (χ1n) is 8.98. The lowest BCUT2D eigenvalue weighted by molar-refractivity contribution is -0.136. The van der Waals surface area contributed by atoms with Gasteiger partial charge in [0.2, 0.25) is 5.91 Å². The number of pyridine rings is 2. The lowest BCUT2D eigenvalue weighted by atomic mass is 9.85. The van der Waals surface area contributed by atoms with Gasteiger partial charge < -0.3 is 4.90 Å². The second-order valence-electron chi connectivity index (χ2n) is 7.35. The number of hydrogen-bond donors (Lipinski definition) is 0. The van der Waals surface area contributed by atoms with Crippen LogP contribution in [0.25, 0.3) is 0 Å². The molecule has 0 N–H and O–H groups in total. The number of amides is 1. The molecule has 1 atom stereocenters. The Balaban J connectivity index is 1.41. The van der Waals surface area contributed by atoms with Crippen LogP contribution in [-0.4, -0.2) is 45.3 Å². The van der Waals surface area contributed by atoms with Crippen molar-refractivity contribution in [1.82, 2.24) is 19.8 Å². The number of aryl methyl sites for hydroxylation is 1. The molecule has 2 saturated heterocycles. The van der Waals surface area contributed by atoms with Crippen LogP contribution in [0.4, 0.5) is 0 Å². The highest BCUT2D eigenvalue weighted by Gasteiger charge is 2.50. The van der Waals surface area contributed by atoms with E-state index in [0.717, 1.165) is 56.0 Å². The molecule has 4 heterocycles. The van der Waals surface area contributed by atoms with Gasteiger partial charge in [0, 0.05) is 44.3 Å². The van der Waals surface area contributed by atoms with E-state index in [1.807, 2.05) is 36.2 Å². The molecule has 2 aliphatic rings. The van der Waals surface area contributed by atoms with Crippen molar-refractivity contribution < 1.29 is 4.79 Å². The van der Waals surface area contributed by atoms with Crippen LogP contribution in [0.5, 0.6) is 0 Å². The fourth-order valence-corrected chi connectivity index (χ4v) is 4.14. The molecule has 4 rings (SSSR count). The number of carbonyl (C=O) groups is 1. The highest BCUT2D eigenvalue weighted by atomic mass is 16.2. The number of likely N-dealkylation sites (tertiary alicyclic amines) is 2. The molecule has 5 heteroatoms. The molecule has 2 aromatic heterocycles. The van der Waals surface area contributed by atoms with Crippen molar-refractivity contribution in [3.8, 4) is 0 Å². The van der Waals surface area contributed by atoms with Crippen molar-refractivity contribution in [1.29, 1.82) is 0 Å². The summed E-state index contributed by atoms with van der Waals surface area (Å²) in [5.41, 5.74) is 3.05. The second-order valence-corrected chi connectivity index (χ2v) is 7.35. The maximum absolute atomic E-state index is 13.0. The van der Waals surface area contributed by atoms with E-state index in [1.165, 1.54) is 0 Å². The molecule has 130 valence electrons. The molecule has 2 aliphatic heterocycles. The zero-order valence-corrected chi connectivity index (χ0v) is 14.7. The first kappa shape index (κ1) is 16.2. The molecule has 1 amide bonds. The number of aromatic nitrogens is 2. The molecular weight excluding hydrogens is 312 g/mol. The molecule has 0 aliphatic carbocycles. The Labute approximate surface area is 148 Å². The molecule has 1 spiro atoms. The minimum Gasteiger partial charge on any atom is -0.338 e. The smallest absolute Gasteiger partial charge is 0.230 e. The van der Waals surface area contributed by atoms with Gasteiger partial charge in [0.25, 0.3) is 0 Å². The molecule has 0 aromatic carbocycles. The lowest BCUT2D eigenvalue weighted by Gasteiger charge is -2.23.